The van der Waals surface area contributed by atoms with E-state index in [0.29, 0.717) is 5.92 Å². The molecule has 3 nitrogen and oxygen atoms in total. The summed E-state index contributed by atoms with van der Waals surface area (Å²) in [7, 11) is 0. The highest BCUT2D eigenvalue weighted by molar-refractivity contribution is 5.86. The zero-order valence-corrected chi connectivity index (χ0v) is 10.2. The van der Waals surface area contributed by atoms with Gasteiger partial charge in [-0.25, -0.2) is 0 Å². The number of hydrogen-bond donors (Lipinski definition) is 2. The highest BCUT2D eigenvalue weighted by atomic mass is 16.2. The van der Waals surface area contributed by atoms with Gasteiger partial charge in [0.1, 0.15) is 0 Å². The van der Waals surface area contributed by atoms with E-state index in [-0.39, 0.29) is 11.9 Å². The van der Waals surface area contributed by atoms with Crippen molar-refractivity contribution >= 4 is 5.91 Å². The summed E-state index contributed by atoms with van der Waals surface area (Å²) in [5.41, 5.74) is 5.54. The van der Waals surface area contributed by atoms with E-state index in [9.17, 15) is 4.79 Å². The van der Waals surface area contributed by atoms with Crippen molar-refractivity contribution in [1.82, 2.24) is 5.32 Å². The molecular weight excluding hydrogens is 188 g/mol. The van der Waals surface area contributed by atoms with Crippen molar-refractivity contribution in [2.24, 2.45) is 11.7 Å². The van der Waals surface area contributed by atoms with Gasteiger partial charge in [-0.2, -0.15) is 0 Å². The predicted molar refractivity (Wildman–Crippen MR) is 62.4 cm³/mol. The van der Waals surface area contributed by atoms with E-state index in [0.717, 1.165) is 25.7 Å². The average Bonchev–Trinajstić information content (AvgIpc) is 2.18. The van der Waals surface area contributed by atoms with Gasteiger partial charge in [-0.15, -0.1) is 0 Å². The van der Waals surface area contributed by atoms with Crippen LogP contribution in [0.4, 0.5) is 0 Å². The van der Waals surface area contributed by atoms with Crippen molar-refractivity contribution in [1.29, 1.82) is 0 Å². The van der Waals surface area contributed by atoms with E-state index in [4.69, 9.17) is 5.73 Å². The van der Waals surface area contributed by atoms with Crippen LogP contribution in [0.1, 0.15) is 52.9 Å². The minimum atomic E-state index is -0.596. The van der Waals surface area contributed by atoms with E-state index in [2.05, 4.69) is 19.2 Å². The molecule has 0 bridgehead atoms. The van der Waals surface area contributed by atoms with Gasteiger partial charge < -0.3 is 11.1 Å². The first-order chi connectivity index (χ1) is 6.96. The fraction of sp³-hybridized carbons (Fsp3) is 0.917. The number of rotatable bonds is 3. The Hall–Kier alpha value is -0.570. The number of amides is 1. The summed E-state index contributed by atoms with van der Waals surface area (Å²) in [6.45, 7) is 6.25. The number of nitrogens with one attached hydrogen (secondary N) is 1. The first-order valence-electron chi connectivity index (χ1n) is 6.05. The van der Waals surface area contributed by atoms with Gasteiger partial charge >= 0.3 is 0 Å². The van der Waals surface area contributed by atoms with Gasteiger partial charge in [0.05, 0.1) is 5.54 Å². The average molecular weight is 212 g/mol. The molecule has 1 fully saturated rings. The summed E-state index contributed by atoms with van der Waals surface area (Å²) >= 11 is 0. The first-order valence-corrected chi connectivity index (χ1v) is 6.05. The molecule has 1 amide bonds. The Morgan fingerprint density at radius 2 is 1.73 bits per heavy atom. The molecule has 0 spiro atoms. The molecule has 0 radical (unpaired) electrons. The Bertz CT molecular complexity index is 220. The molecule has 3 heteroatoms. The summed E-state index contributed by atoms with van der Waals surface area (Å²) in [4.78, 5) is 12.0. The van der Waals surface area contributed by atoms with Crippen molar-refractivity contribution in [3.05, 3.63) is 0 Å². The quantitative estimate of drug-likeness (QED) is 0.749. The number of nitrogens with two attached hydrogens (primary N) is 1. The molecule has 0 saturated heterocycles. The van der Waals surface area contributed by atoms with Gasteiger partial charge in [0, 0.05) is 6.04 Å². The molecule has 88 valence electrons. The van der Waals surface area contributed by atoms with Crippen molar-refractivity contribution in [2.45, 2.75) is 64.5 Å². The Kier molecular flexibility index (Phi) is 4.14. The van der Waals surface area contributed by atoms with E-state index in [1.165, 1.54) is 6.42 Å². The lowest BCUT2D eigenvalue weighted by atomic mass is 9.81. The molecule has 15 heavy (non-hydrogen) atoms. The van der Waals surface area contributed by atoms with Crippen LogP contribution in [0.5, 0.6) is 0 Å². The molecule has 1 unspecified atom stereocenters. The molecule has 0 aromatic heterocycles. The number of carbonyl (C=O) groups excluding carboxylic acids is 1. The first kappa shape index (κ1) is 12.5. The maximum atomic E-state index is 12.0. The van der Waals surface area contributed by atoms with Crippen LogP contribution < -0.4 is 11.1 Å². The molecule has 0 heterocycles. The monoisotopic (exact) mass is 212 g/mol. The number of hydrogen-bond acceptors (Lipinski definition) is 2. The fourth-order valence-electron chi connectivity index (χ4n) is 1.93. The molecule has 1 aliphatic rings. The normalized spacial score (nSPS) is 22.5. The minimum absolute atomic E-state index is 0.0448. The molecule has 3 N–H and O–H groups in total. The van der Waals surface area contributed by atoms with Crippen LogP contribution in [-0.2, 0) is 4.79 Å². The lowest BCUT2D eigenvalue weighted by Gasteiger charge is -2.33. The Morgan fingerprint density at radius 1 is 1.20 bits per heavy atom. The molecule has 1 saturated carbocycles. The third-order valence-corrected chi connectivity index (χ3v) is 3.56. The topological polar surface area (TPSA) is 55.1 Å². The fourth-order valence-corrected chi connectivity index (χ4v) is 1.93. The third kappa shape index (κ3) is 3.20. The Labute approximate surface area is 92.8 Å². The second-order valence-electron chi connectivity index (χ2n) is 5.22. The van der Waals surface area contributed by atoms with Gasteiger partial charge in [-0.3, -0.25) is 4.79 Å². The molecule has 0 aromatic rings. The summed E-state index contributed by atoms with van der Waals surface area (Å²) in [6, 6.07) is 0.208. The van der Waals surface area contributed by atoms with Gasteiger partial charge in [-0.05, 0) is 25.7 Å². The maximum absolute atomic E-state index is 12.0. The van der Waals surface area contributed by atoms with Crippen molar-refractivity contribution in [3.8, 4) is 0 Å². The molecule has 1 atom stereocenters. The van der Waals surface area contributed by atoms with Gasteiger partial charge in [-0.1, -0.05) is 33.1 Å². The van der Waals surface area contributed by atoms with Crippen LogP contribution in [0.2, 0.25) is 0 Å². The van der Waals surface area contributed by atoms with Gasteiger partial charge in [0.15, 0.2) is 0 Å². The molecule has 1 rings (SSSR count). The molecule has 0 aromatic carbocycles. The predicted octanol–water partition coefficient (Wildman–Crippen LogP) is 1.81. The summed E-state index contributed by atoms with van der Waals surface area (Å²) in [6.07, 6.45) is 5.05. The third-order valence-electron chi connectivity index (χ3n) is 3.56. The van der Waals surface area contributed by atoms with E-state index in [1.54, 1.807) is 0 Å². The smallest absolute Gasteiger partial charge is 0.240 e. The second-order valence-corrected chi connectivity index (χ2v) is 5.22. The van der Waals surface area contributed by atoms with E-state index >= 15 is 0 Å². The van der Waals surface area contributed by atoms with E-state index < -0.39 is 5.54 Å². The highest BCUT2D eigenvalue weighted by Crippen LogP contribution is 2.26. The second kappa shape index (κ2) is 4.97. The van der Waals surface area contributed by atoms with Crippen molar-refractivity contribution < 1.29 is 4.79 Å². The number of carbonyl (C=O) groups is 1. The van der Waals surface area contributed by atoms with Crippen LogP contribution in [-0.4, -0.2) is 17.5 Å². The van der Waals surface area contributed by atoms with Crippen LogP contribution in [0, 0.1) is 5.92 Å². The standard InChI is InChI=1S/C12H24N2O/c1-9(2)10(3)14-11(15)12(13)7-5-4-6-8-12/h9-10H,4-8,13H2,1-3H3,(H,14,15). The molecular formula is C12H24N2O. The largest absolute Gasteiger partial charge is 0.352 e. The van der Waals surface area contributed by atoms with Gasteiger partial charge in [0.2, 0.25) is 5.91 Å². The van der Waals surface area contributed by atoms with Crippen molar-refractivity contribution in [2.75, 3.05) is 0 Å². The Balaban J connectivity index is 2.51. The van der Waals surface area contributed by atoms with Gasteiger partial charge in [0.25, 0.3) is 0 Å². The zero-order chi connectivity index (χ0) is 11.5. The minimum Gasteiger partial charge on any atom is -0.352 e. The maximum Gasteiger partial charge on any atom is 0.240 e. The molecule has 1 aliphatic carbocycles. The SMILES string of the molecule is CC(C)C(C)NC(=O)C1(N)CCCCC1. The van der Waals surface area contributed by atoms with Crippen LogP contribution in [0.15, 0.2) is 0 Å². The summed E-state index contributed by atoms with van der Waals surface area (Å²) in [5, 5.41) is 3.03. The highest BCUT2D eigenvalue weighted by Gasteiger charge is 2.35. The lowest BCUT2D eigenvalue weighted by Crippen LogP contribution is -2.57. The van der Waals surface area contributed by atoms with Crippen LogP contribution >= 0.6 is 0 Å². The van der Waals surface area contributed by atoms with Crippen molar-refractivity contribution in [3.63, 3.8) is 0 Å². The van der Waals surface area contributed by atoms with E-state index in [1.807, 2.05) is 6.92 Å². The lowest BCUT2D eigenvalue weighted by molar-refractivity contribution is -0.128. The zero-order valence-electron chi connectivity index (χ0n) is 10.2. The summed E-state index contributed by atoms with van der Waals surface area (Å²) < 4.78 is 0. The summed E-state index contributed by atoms with van der Waals surface area (Å²) in [5.74, 6) is 0.504. The Morgan fingerprint density at radius 3 is 2.20 bits per heavy atom. The molecule has 0 aliphatic heterocycles. The van der Waals surface area contributed by atoms with Crippen LogP contribution in [0.3, 0.4) is 0 Å². The van der Waals surface area contributed by atoms with Crippen LogP contribution in [0.25, 0.3) is 0 Å².